The molecule has 6 heteroatoms. The molecule has 0 fully saturated rings. The van der Waals surface area contributed by atoms with Crippen LogP contribution < -0.4 is 15.5 Å². The lowest BCUT2D eigenvalue weighted by atomic mass is 10.3. The summed E-state index contributed by atoms with van der Waals surface area (Å²) >= 11 is 0. The summed E-state index contributed by atoms with van der Waals surface area (Å²) in [5, 5.41) is 2.71. The lowest BCUT2D eigenvalue weighted by molar-refractivity contribution is 0.112. The third kappa shape index (κ3) is 3.05. The van der Waals surface area contributed by atoms with Crippen molar-refractivity contribution < 1.29 is 14.3 Å². The lowest BCUT2D eigenvalue weighted by Crippen LogP contribution is -2.29. The summed E-state index contributed by atoms with van der Waals surface area (Å²) in [7, 11) is 1.54. The van der Waals surface area contributed by atoms with Gasteiger partial charge in [0.15, 0.2) is 6.29 Å². The van der Waals surface area contributed by atoms with Gasteiger partial charge in [-0.1, -0.05) is 12.1 Å². The number of urea groups is 1. The van der Waals surface area contributed by atoms with Crippen LogP contribution in [0.3, 0.4) is 0 Å². The molecule has 0 aliphatic rings. The minimum atomic E-state index is -0.418. The monoisotopic (exact) mass is 287 g/mol. The van der Waals surface area contributed by atoms with Crippen molar-refractivity contribution >= 4 is 18.0 Å². The molecule has 0 spiro atoms. The summed E-state index contributed by atoms with van der Waals surface area (Å²) < 4.78 is 6.73. The van der Waals surface area contributed by atoms with Gasteiger partial charge in [0.1, 0.15) is 5.75 Å². The van der Waals surface area contributed by atoms with Crippen LogP contribution in [0.1, 0.15) is 21.7 Å². The maximum absolute atomic E-state index is 12.1. The number of para-hydroxylation sites is 2. The van der Waals surface area contributed by atoms with Crippen molar-refractivity contribution in [2.24, 2.45) is 0 Å². The Morgan fingerprint density at radius 1 is 1.29 bits per heavy atom. The molecule has 0 aliphatic carbocycles. The van der Waals surface area contributed by atoms with Gasteiger partial charge < -0.3 is 10.1 Å². The smallest absolute Gasteiger partial charge is 0.338 e. The number of ether oxygens (including phenoxy) is 1. The van der Waals surface area contributed by atoms with Gasteiger partial charge in [0.25, 0.3) is 0 Å². The number of amides is 2. The van der Waals surface area contributed by atoms with Crippen molar-refractivity contribution in [1.82, 2.24) is 4.68 Å². The van der Waals surface area contributed by atoms with E-state index in [0.717, 1.165) is 12.0 Å². The van der Waals surface area contributed by atoms with E-state index in [0.29, 0.717) is 22.7 Å². The number of anilines is 1. The first-order valence-corrected chi connectivity index (χ1v) is 6.42. The first-order valence-electron chi connectivity index (χ1n) is 6.42. The zero-order valence-electron chi connectivity index (χ0n) is 12.1. The predicted octanol–water partition coefficient (Wildman–Crippen LogP) is 2.70. The molecule has 2 aromatic rings. The Bertz CT molecular complexity index is 677. The standard InChI is InChI=1S/C15H17N3O3/c1-10-8-12(9-19)11(2)18(10)17-15(20)16-13-6-4-5-7-14(13)21-3/h4-9H,1-3H3,(H2,16,17,20). The third-order valence-electron chi connectivity index (χ3n) is 3.17. The molecule has 0 aliphatic heterocycles. The van der Waals surface area contributed by atoms with E-state index in [1.807, 2.05) is 13.0 Å². The van der Waals surface area contributed by atoms with Crippen LogP contribution in [-0.2, 0) is 0 Å². The molecular weight excluding hydrogens is 270 g/mol. The average molecular weight is 287 g/mol. The number of methoxy groups -OCH3 is 1. The van der Waals surface area contributed by atoms with Crippen LogP contribution in [-0.4, -0.2) is 24.1 Å². The third-order valence-corrected chi connectivity index (χ3v) is 3.17. The van der Waals surface area contributed by atoms with Crippen LogP contribution in [0.25, 0.3) is 0 Å². The van der Waals surface area contributed by atoms with Crippen molar-refractivity contribution in [3.05, 3.63) is 47.3 Å². The molecule has 0 saturated carbocycles. The van der Waals surface area contributed by atoms with E-state index in [2.05, 4.69) is 10.7 Å². The number of nitrogens with zero attached hydrogens (tertiary/aromatic N) is 1. The van der Waals surface area contributed by atoms with E-state index in [1.165, 1.54) is 7.11 Å². The van der Waals surface area contributed by atoms with Gasteiger partial charge in [-0.2, -0.15) is 0 Å². The molecular formula is C15H17N3O3. The van der Waals surface area contributed by atoms with Gasteiger partial charge >= 0.3 is 6.03 Å². The second-order valence-electron chi connectivity index (χ2n) is 4.55. The van der Waals surface area contributed by atoms with Gasteiger partial charge in [0.05, 0.1) is 12.8 Å². The lowest BCUT2D eigenvalue weighted by Gasteiger charge is -2.14. The highest BCUT2D eigenvalue weighted by Gasteiger charge is 2.12. The van der Waals surface area contributed by atoms with E-state index in [4.69, 9.17) is 4.74 Å². The Morgan fingerprint density at radius 3 is 2.62 bits per heavy atom. The Morgan fingerprint density at radius 2 is 2.00 bits per heavy atom. The van der Waals surface area contributed by atoms with E-state index >= 15 is 0 Å². The van der Waals surface area contributed by atoms with E-state index in [9.17, 15) is 9.59 Å². The summed E-state index contributed by atoms with van der Waals surface area (Å²) in [6.07, 6.45) is 0.763. The Kier molecular flexibility index (Phi) is 4.27. The molecule has 6 nitrogen and oxygen atoms in total. The topological polar surface area (TPSA) is 72.4 Å². The van der Waals surface area contributed by atoms with Gasteiger partial charge in [0, 0.05) is 17.0 Å². The maximum atomic E-state index is 12.1. The SMILES string of the molecule is COc1ccccc1NC(=O)Nn1c(C)cc(C=O)c1C. The second-order valence-corrected chi connectivity index (χ2v) is 4.55. The van der Waals surface area contributed by atoms with Gasteiger partial charge in [-0.25, -0.2) is 10.2 Å². The Labute approximate surface area is 122 Å². The average Bonchev–Trinajstić information content (AvgIpc) is 2.75. The van der Waals surface area contributed by atoms with E-state index in [-0.39, 0.29) is 0 Å². The number of aromatic nitrogens is 1. The normalized spacial score (nSPS) is 10.0. The highest BCUT2D eigenvalue weighted by Crippen LogP contribution is 2.22. The zero-order chi connectivity index (χ0) is 15.4. The molecule has 2 amide bonds. The molecule has 1 aromatic carbocycles. The summed E-state index contributed by atoms with van der Waals surface area (Å²) in [4.78, 5) is 23.0. The number of carbonyl (C=O) groups excluding carboxylic acids is 2. The molecule has 110 valence electrons. The van der Waals surface area contributed by atoms with Gasteiger partial charge in [-0.3, -0.25) is 9.47 Å². The van der Waals surface area contributed by atoms with Crippen molar-refractivity contribution in [1.29, 1.82) is 0 Å². The number of aldehydes is 1. The first kappa shape index (κ1) is 14.6. The second kappa shape index (κ2) is 6.13. The minimum Gasteiger partial charge on any atom is -0.495 e. The number of nitrogens with one attached hydrogen (secondary N) is 2. The van der Waals surface area contributed by atoms with Crippen LogP contribution in [0.4, 0.5) is 10.5 Å². The maximum Gasteiger partial charge on any atom is 0.338 e. The largest absolute Gasteiger partial charge is 0.495 e. The minimum absolute atomic E-state index is 0.418. The number of rotatable bonds is 4. The number of benzene rings is 1. The number of hydrogen-bond donors (Lipinski definition) is 2. The molecule has 1 aromatic heterocycles. The van der Waals surface area contributed by atoms with Crippen molar-refractivity contribution in [3.8, 4) is 5.75 Å². The molecule has 1 heterocycles. The number of carbonyl (C=O) groups is 2. The van der Waals surface area contributed by atoms with Gasteiger partial charge in [0.2, 0.25) is 0 Å². The highest BCUT2D eigenvalue weighted by atomic mass is 16.5. The quantitative estimate of drug-likeness (QED) is 0.849. The van der Waals surface area contributed by atoms with Crippen LogP contribution >= 0.6 is 0 Å². The Balaban J connectivity index is 2.16. The molecule has 0 bridgehead atoms. The summed E-state index contributed by atoms with van der Waals surface area (Å²) in [5.41, 5.74) is 5.24. The number of aryl methyl sites for hydroxylation is 1. The van der Waals surface area contributed by atoms with Crippen LogP contribution in [0.15, 0.2) is 30.3 Å². The fourth-order valence-corrected chi connectivity index (χ4v) is 2.08. The first-order chi connectivity index (χ1) is 10.1. The molecule has 2 N–H and O–H groups in total. The zero-order valence-corrected chi connectivity index (χ0v) is 12.1. The van der Waals surface area contributed by atoms with Crippen LogP contribution in [0, 0.1) is 13.8 Å². The van der Waals surface area contributed by atoms with Crippen LogP contribution in [0.2, 0.25) is 0 Å². The van der Waals surface area contributed by atoms with Gasteiger partial charge in [-0.05, 0) is 32.0 Å². The molecule has 0 saturated heterocycles. The molecule has 0 radical (unpaired) electrons. The fourth-order valence-electron chi connectivity index (χ4n) is 2.08. The van der Waals surface area contributed by atoms with Crippen molar-refractivity contribution in [2.75, 3.05) is 17.9 Å². The Hall–Kier alpha value is -2.76. The molecule has 21 heavy (non-hydrogen) atoms. The molecule has 2 rings (SSSR count). The fraction of sp³-hybridized carbons (Fsp3) is 0.200. The summed E-state index contributed by atoms with van der Waals surface area (Å²) in [6.45, 7) is 3.57. The summed E-state index contributed by atoms with van der Waals surface area (Å²) in [5.74, 6) is 0.571. The van der Waals surface area contributed by atoms with Gasteiger partial charge in [-0.15, -0.1) is 0 Å². The molecule has 0 unspecified atom stereocenters. The van der Waals surface area contributed by atoms with Crippen LogP contribution in [0.5, 0.6) is 5.75 Å². The highest BCUT2D eigenvalue weighted by molar-refractivity contribution is 5.96. The van der Waals surface area contributed by atoms with E-state index < -0.39 is 6.03 Å². The molecule has 0 atom stereocenters. The predicted molar refractivity (Wildman–Crippen MR) is 80.7 cm³/mol. The van der Waals surface area contributed by atoms with Crippen molar-refractivity contribution in [3.63, 3.8) is 0 Å². The van der Waals surface area contributed by atoms with Crippen molar-refractivity contribution in [2.45, 2.75) is 13.8 Å². The summed E-state index contributed by atoms with van der Waals surface area (Å²) in [6, 6.07) is 8.41. The number of hydrogen-bond acceptors (Lipinski definition) is 3. The van der Waals surface area contributed by atoms with E-state index in [1.54, 1.807) is 35.9 Å².